The maximum absolute atomic E-state index is 13.1. The number of imidazole rings is 1. The van der Waals surface area contributed by atoms with Gasteiger partial charge in [-0.3, -0.25) is 4.72 Å². The quantitative estimate of drug-likeness (QED) is 0.283. The first-order valence-corrected chi connectivity index (χ1v) is 13.5. The first-order valence-electron chi connectivity index (χ1n) is 12.0. The summed E-state index contributed by atoms with van der Waals surface area (Å²) in [5.74, 6) is 1.61. The summed E-state index contributed by atoms with van der Waals surface area (Å²) in [6, 6.07) is 13.2. The Labute approximate surface area is 212 Å². The molecule has 1 atom stereocenters. The molecule has 10 heteroatoms. The van der Waals surface area contributed by atoms with Crippen LogP contribution in [0.25, 0.3) is 11.0 Å². The summed E-state index contributed by atoms with van der Waals surface area (Å²) in [5, 5.41) is 3.25. The van der Waals surface area contributed by atoms with Crippen LogP contribution in [0.1, 0.15) is 38.7 Å². The number of nitrogens with zero attached hydrogens (tertiary/aromatic N) is 4. The summed E-state index contributed by atoms with van der Waals surface area (Å²) < 4.78 is 35.8. The molecule has 0 fully saturated rings. The number of hydrogen-bond acceptors (Lipinski definition) is 7. The standard InChI is InChI=1S/C26H32N6O3S/c1-5-9-18(6-2)14-19-12-13-20(35-4)15-23(19)30-25-26(29-22-11-8-7-10-21(22)28-25)31-36(33,34)24-16-32(3)17-27-24/h7-8,10-13,15-18H,5-6,9,14H2,1-4H3,(H,28,30)(H,29,31). The van der Waals surface area contributed by atoms with Gasteiger partial charge in [-0.25, -0.2) is 15.0 Å². The predicted molar refractivity (Wildman–Crippen MR) is 142 cm³/mol. The number of aromatic nitrogens is 4. The molecular formula is C26H32N6O3S. The minimum atomic E-state index is -3.98. The van der Waals surface area contributed by atoms with Gasteiger partial charge in [-0.1, -0.05) is 51.3 Å². The highest BCUT2D eigenvalue weighted by Crippen LogP contribution is 2.32. The van der Waals surface area contributed by atoms with Crippen LogP contribution in [0.3, 0.4) is 0 Å². The third kappa shape index (κ3) is 5.76. The van der Waals surface area contributed by atoms with E-state index in [-0.39, 0.29) is 10.8 Å². The van der Waals surface area contributed by atoms with E-state index < -0.39 is 10.0 Å². The van der Waals surface area contributed by atoms with E-state index in [0.717, 1.165) is 36.9 Å². The number of rotatable bonds is 11. The normalized spacial score (nSPS) is 12.4. The minimum Gasteiger partial charge on any atom is -0.497 e. The molecule has 2 aromatic carbocycles. The van der Waals surface area contributed by atoms with Gasteiger partial charge in [-0.05, 0) is 36.1 Å². The van der Waals surface area contributed by atoms with E-state index in [4.69, 9.17) is 9.72 Å². The van der Waals surface area contributed by atoms with Crippen LogP contribution in [0, 0.1) is 5.92 Å². The highest BCUT2D eigenvalue weighted by atomic mass is 32.2. The van der Waals surface area contributed by atoms with Gasteiger partial charge in [-0.15, -0.1) is 0 Å². The second-order valence-corrected chi connectivity index (χ2v) is 10.4. The molecule has 0 bridgehead atoms. The van der Waals surface area contributed by atoms with Crippen LogP contribution in [0.15, 0.2) is 60.0 Å². The van der Waals surface area contributed by atoms with Gasteiger partial charge in [-0.2, -0.15) is 8.42 Å². The number of hydrogen-bond donors (Lipinski definition) is 2. The minimum absolute atomic E-state index is 0.0914. The van der Waals surface area contributed by atoms with Crippen LogP contribution in [-0.4, -0.2) is 35.0 Å². The van der Waals surface area contributed by atoms with Crippen molar-refractivity contribution in [3.8, 4) is 5.75 Å². The van der Waals surface area contributed by atoms with Crippen LogP contribution >= 0.6 is 0 Å². The maximum Gasteiger partial charge on any atom is 0.282 e. The lowest BCUT2D eigenvalue weighted by Crippen LogP contribution is -2.16. The van der Waals surface area contributed by atoms with Crippen molar-refractivity contribution in [1.82, 2.24) is 19.5 Å². The van der Waals surface area contributed by atoms with E-state index in [1.165, 1.54) is 12.5 Å². The Morgan fingerprint density at radius 3 is 2.39 bits per heavy atom. The molecule has 0 radical (unpaired) electrons. The summed E-state index contributed by atoms with van der Waals surface area (Å²) in [6.45, 7) is 4.40. The molecule has 36 heavy (non-hydrogen) atoms. The fourth-order valence-corrected chi connectivity index (χ4v) is 5.13. The average molecular weight is 509 g/mol. The predicted octanol–water partition coefficient (Wildman–Crippen LogP) is 5.29. The van der Waals surface area contributed by atoms with Crippen LogP contribution in [-0.2, 0) is 23.5 Å². The van der Waals surface area contributed by atoms with Crippen LogP contribution in [0.4, 0.5) is 17.3 Å². The molecule has 0 aliphatic heterocycles. The van der Waals surface area contributed by atoms with Crippen molar-refractivity contribution in [2.75, 3.05) is 17.1 Å². The first-order chi connectivity index (χ1) is 17.3. The van der Waals surface area contributed by atoms with Gasteiger partial charge in [0.2, 0.25) is 0 Å². The zero-order valence-electron chi connectivity index (χ0n) is 21.0. The summed E-state index contributed by atoms with van der Waals surface area (Å²) in [5.41, 5.74) is 3.11. The third-order valence-electron chi connectivity index (χ3n) is 6.11. The van der Waals surface area contributed by atoms with Gasteiger partial charge < -0.3 is 14.6 Å². The van der Waals surface area contributed by atoms with Crippen molar-refractivity contribution >= 4 is 38.4 Å². The zero-order valence-corrected chi connectivity index (χ0v) is 21.8. The van der Waals surface area contributed by atoms with Gasteiger partial charge in [0.15, 0.2) is 16.7 Å². The number of nitrogens with one attached hydrogen (secondary N) is 2. The molecule has 9 nitrogen and oxygen atoms in total. The Morgan fingerprint density at radius 1 is 1.06 bits per heavy atom. The average Bonchev–Trinajstić information content (AvgIpc) is 3.32. The topological polar surface area (TPSA) is 111 Å². The lowest BCUT2D eigenvalue weighted by molar-refractivity contribution is 0.414. The second kappa shape index (κ2) is 10.9. The van der Waals surface area contributed by atoms with Crippen molar-refractivity contribution < 1.29 is 13.2 Å². The lowest BCUT2D eigenvalue weighted by Gasteiger charge is -2.19. The van der Waals surface area contributed by atoms with Gasteiger partial charge >= 0.3 is 0 Å². The smallest absolute Gasteiger partial charge is 0.282 e. The number of fused-ring (bicyclic) bond motifs is 1. The van der Waals surface area contributed by atoms with Crippen molar-refractivity contribution in [2.45, 2.75) is 44.6 Å². The number of benzene rings is 2. The molecule has 1 unspecified atom stereocenters. The van der Waals surface area contributed by atoms with Crippen molar-refractivity contribution in [3.63, 3.8) is 0 Å². The summed E-state index contributed by atoms with van der Waals surface area (Å²) in [7, 11) is -0.651. The molecule has 0 aliphatic carbocycles. The Balaban J connectivity index is 1.77. The van der Waals surface area contributed by atoms with E-state index in [9.17, 15) is 8.42 Å². The van der Waals surface area contributed by atoms with E-state index in [1.807, 2.05) is 36.4 Å². The van der Waals surface area contributed by atoms with Crippen molar-refractivity contribution in [1.29, 1.82) is 0 Å². The van der Waals surface area contributed by atoms with E-state index in [2.05, 4.69) is 33.9 Å². The number of methoxy groups -OCH3 is 1. The molecule has 4 aromatic rings. The van der Waals surface area contributed by atoms with Crippen LogP contribution < -0.4 is 14.8 Å². The number of aryl methyl sites for hydroxylation is 1. The molecule has 2 aromatic heterocycles. The van der Waals surface area contributed by atoms with Crippen molar-refractivity contribution in [3.05, 3.63) is 60.6 Å². The number of ether oxygens (including phenoxy) is 1. The molecule has 2 N–H and O–H groups in total. The Morgan fingerprint density at radius 2 is 1.78 bits per heavy atom. The summed E-state index contributed by atoms with van der Waals surface area (Å²) in [4.78, 5) is 13.3. The van der Waals surface area contributed by atoms with Gasteiger partial charge in [0.05, 0.1) is 24.5 Å². The van der Waals surface area contributed by atoms with Gasteiger partial charge in [0.1, 0.15) is 5.75 Å². The molecule has 190 valence electrons. The Kier molecular flexibility index (Phi) is 7.73. The first kappa shape index (κ1) is 25.4. The molecule has 0 saturated heterocycles. The SMILES string of the molecule is CCCC(CC)Cc1ccc(OC)cc1Nc1nc2ccccc2nc1NS(=O)(=O)c1cn(C)cn1. The van der Waals surface area contributed by atoms with Gasteiger partial charge in [0.25, 0.3) is 10.0 Å². The van der Waals surface area contributed by atoms with Crippen LogP contribution in [0.2, 0.25) is 0 Å². The summed E-state index contributed by atoms with van der Waals surface area (Å²) in [6.07, 6.45) is 7.07. The second-order valence-electron chi connectivity index (χ2n) is 8.81. The zero-order chi connectivity index (χ0) is 25.7. The van der Waals surface area contributed by atoms with Crippen LogP contribution in [0.5, 0.6) is 5.75 Å². The molecule has 4 rings (SSSR count). The van der Waals surface area contributed by atoms with E-state index in [1.54, 1.807) is 24.8 Å². The highest BCUT2D eigenvalue weighted by molar-refractivity contribution is 7.92. The Bertz CT molecular complexity index is 1450. The molecule has 0 saturated carbocycles. The Hall–Kier alpha value is -3.66. The highest BCUT2D eigenvalue weighted by Gasteiger charge is 2.22. The molecule has 0 amide bonds. The lowest BCUT2D eigenvalue weighted by atomic mass is 9.92. The van der Waals surface area contributed by atoms with E-state index >= 15 is 0 Å². The fraction of sp³-hybridized carbons (Fsp3) is 0.346. The van der Waals surface area contributed by atoms with E-state index in [0.29, 0.717) is 28.5 Å². The molecule has 0 aliphatic rings. The number of para-hydroxylation sites is 2. The fourth-order valence-electron chi connectivity index (χ4n) is 4.14. The maximum atomic E-state index is 13.1. The molecular weight excluding hydrogens is 476 g/mol. The molecule has 0 spiro atoms. The van der Waals surface area contributed by atoms with Gasteiger partial charge in [0, 0.05) is 25.0 Å². The van der Waals surface area contributed by atoms with Crippen molar-refractivity contribution in [2.24, 2.45) is 13.0 Å². The largest absolute Gasteiger partial charge is 0.497 e. The third-order valence-corrected chi connectivity index (χ3v) is 7.33. The monoisotopic (exact) mass is 508 g/mol. The summed E-state index contributed by atoms with van der Waals surface area (Å²) >= 11 is 0. The molecule has 2 heterocycles. The number of anilines is 3. The number of sulfonamides is 1.